The highest BCUT2D eigenvalue weighted by Crippen LogP contribution is 2.16. The molecule has 0 bridgehead atoms. The Morgan fingerprint density at radius 3 is 3.17 bits per heavy atom. The summed E-state index contributed by atoms with van der Waals surface area (Å²) in [4.78, 5) is 5.51. The fourth-order valence-electron chi connectivity index (χ4n) is 1.72. The van der Waals surface area contributed by atoms with Crippen LogP contribution in [-0.2, 0) is 0 Å². The fraction of sp³-hybridized carbons (Fsp3) is 0.556. The van der Waals surface area contributed by atoms with Crippen LogP contribution < -0.4 is 10.2 Å². The van der Waals surface area contributed by atoms with Crippen molar-refractivity contribution < 1.29 is 0 Å². The summed E-state index contributed by atoms with van der Waals surface area (Å²) in [6, 6.07) is 2.73. The normalized spacial score (nSPS) is 24.4. The van der Waals surface area contributed by atoms with Crippen molar-refractivity contribution in [3.63, 3.8) is 0 Å². The highest BCUT2D eigenvalue weighted by molar-refractivity contribution is 5.45. The standard InChI is InChI=1S/C9H15N3/c1-8-6-11-4-5-12(8)9-2-3-10-7-9/h2-3,7-8,10-11H,4-6H2,1H3. The van der Waals surface area contributed by atoms with Crippen molar-refractivity contribution in [3.8, 4) is 0 Å². The third-order valence-corrected chi connectivity index (χ3v) is 2.41. The Bertz CT molecular complexity index is 230. The van der Waals surface area contributed by atoms with Crippen LogP contribution in [-0.4, -0.2) is 30.7 Å². The first-order chi connectivity index (χ1) is 5.88. The van der Waals surface area contributed by atoms with Crippen LogP contribution in [0.25, 0.3) is 0 Å². The molecular formula is C9H15N3. The summed E-state index contributed by atoms with van der Waals surface area (Å²) in [6.45, 7) is 5.54. The molecule has 3 nitrogen and oxygen atoms in total. The molecule has 0 radical (unpaired) electrons. The van der Waals surface area contributed by atoms with Gasteiger partial charge in [0.1, 0.15) is 0 Å². The molecule has 1 saturated heterocycles. The average molecular weight is 165 g/mol. The number of anilines is 1. The molecule has 0 amide bonds. The van der Waals surface area contributed by atoms with E-state index in [2.05, 4.69) is 34.4 Å². The minimum Gasteiger partial charge on any atom is -0.366 e. The van der Waals surface area contributed by atoms with Crippen molar-refractivity contribution in [1.82, 2.24) is 10.3 Å². The number of hydrogen-bond acceptors (Lipinski definition) is 2. The number of H-pyrrole nitrogens is 1. The number of nitrogens with one attached hydrogen (secondary N) is 2. The molecule has 2 rings (SSSR count). The zero-order chi connectivity index (χ0) is 8.39. The lowest BCUT2D eigenvalue weighted by atomic mass is 10.2. The van der Waals surface area contributed by atoms with Gasteiger partial charge in [0.25, 0.3) is 0 Å². The topological polar surface area (TPSA) is 31.1 Å². The zero-order valence-corrected chi connectivity index (χ0v) is 7.38. The van der Waals surface area contributed by atoms with Crippen LogP contribution >= 0.6 is 0 Å². The summed E-state index contributed by atoms with van der Waals surface area (Å²) in [5.41, 5.74) is 1.31. The minimum atomic E-state index is 0.606. The number of piperazine rings is 1. The maximum Gasteiger partial charge on any atom is 0.0547 e. The van der Waals surface area contributed by atoms with E-state index in [0.717, 1.165) is 19.6 Å². The van der Waals surface area contributed by atoms with Crippen molar-refractivity contribution in [1.29, 1.82) is 0 Å². The quantitative estimate of drug-likeness (QED) is 0.645. The van der Waals surface area contributed by atoms with E-state index >= 15 is 0 Å². The van der Waals surface area contributed by atoms with Crippen LogP contribution in [0.3, 0.4) is 0 Å². The highest BCUT2D eigenvalue weighted by Gasteiger charge is 2.17. The van der Waals surface area contributed by atoms with Crippen LogP contribution in [0, 0.1) is 0 Å². The molecule has 2 heterocycles. The Morgan fingerprint density at radius 1 is 1.58 bits per heavy atom. The van der Waals surface area contributed by atoms with Gasteiger partial charge in [-0.25, -0.2) is 0 Å². The molecule has 12 heavy (non-hydrogen) atoms. The molecule has 1 fully saturated rings. The largest absolute Gasteiger partial charge is 0.366 e. The van der Waals surface area contributed by atoms with Gasteiger partial charge in [0.05, 0.1) is 5.69 Å². The Kier molecular flexibility index (Phi) is 2.04. The Balaban J connectivity index is 2.11. The van der Waals surface area contributed by atoms with Crippen LogP contribution in [0.1, 0.15) is 6.92 Å². The van der Waals surface area contributed by atoms with Crippen LogP contribution in [0.15, 0.2) is 18.5 Å². The molecule has 0 saturated carbocycles. The molecule has 2 N–H and O–H groups in total. The second kappa shape index (κ2) is 3.19. The smallest absolute Gasteiger partial charge is 0.0547 e. The van der Waals surface area contributed by atoms with Gasteiger partial charge in [-0.3, -0.25) is 0 Å². The Morgan fingerprint density at radius 2 is 2.50 bits per heavy atom. The molecule has 1 atom stereocenters. The van der Waals surface area contributed by atoms with Crippen LogP contribution in [0.4, 0.5) is 5.69 Å². The third-order valence-electron chi connectivity index (χ3n) is 2.41. The fourth-order valence-corrected chi connectivity index (χ4v) is 1.72. The molecule has 3 heteroatoms. The summed E-state index contributed by atoms with van der Waals surface area (Å²) >= 11 is 0. The second-order valence-corrected chi connectivity index (χ2v) is 3.32. The third kappa shape index (κ3) is 1.32. The van der Waals surface area contributed by atoms with Gasteiger partial charge in [0.15, 0.2) is 0 Å². The summed E-state index contributed by atoms with van der Waals surface area (Å²) in [5, 5.41) is 3.37. The van der Waals surface area contributed by atoms with Crippen LogP contribution in [0.5, 0.6) is 0 Å². The molecule has 1 aliphatic rings. The SMILES string of the molecule is CC1CNCCN1c1cc[nH]c1. The van der Waals surface area contributed by atoms with E-state index in [1.807, 2.05) is 6.20 Å². The van der Waals surface area contributed by atoms with Gasteiger partial charge in [0, 0.05) is 38.1 Å². The Labute approximate surface area is 72.8 Å². The van der Waals surface area contributed by atoms with Gasteiger partial charge in [0.2, 0.25) is 0 Å². The van der Waals surface area contributed by atoms with Gasteiger partial charge < -0.3 is 15.2 Å². The first-order valence-corrected chi connectivity index (χ1v) is 4.48. The summed E-state index contributed by atoms with van der Waals surface area (Å²) in [7, 11) is 0. The van der Waals surface area contributed by atoms with Crippen molar-refractivity contribution in [2.45, 2.75) is 13.0 Å². The van der Waals surface area contributed by atoms with E-state index < -0.39 is 0 Å². The molecule has 0 aromatic carbocycles. The van der Waals surface area contributed by atoms with Gasteiger partial charge in [-0.05, 0) is 13.0 Å². The van der Waals surface area contributed by atoms with Crippen molar-refractivity contribution in [2.24, 2.45) is 0 Å². The van der Waals surface area contributed by atoms with E-state index in [4.69, 9.17) is 0 Å². The summed E-state index contributed by atoms with van der Waals surface area (Å²) in [5.74, 6) is 0. The van der Waals surface area contributed by atoms with Crippen molar-refractivity contribution >= 4 is 5.69 Å². The van der Waals surface area contributed by atoms with Gasteiger partial charge in [-0.15, -0.1) is 0 Å². The Hall–Kier alpha value is -0.960. The highest BCUT2D eigenvalue weighted by atomic mass is 15.2. The number of rotatable bonds is 1. The first kappa shape index (κ1) is 7.68. The van der Waals surface area contributed by atoms with Gasteiger partial charge >= 0.3 is 0 Å². The zero-order valence-electron chi connectivity index (χ0n) is 7.38. The molecule has 66 valence electrons. The molecule has 0 aliphatic carbocycles. The van der Waals surface area contributed by atoms with Gasteiger partial charge in [-0.2, -0.15) is 0 Å². The maximum absolute atomic E-state index is 3.37. The average Bonchev–Trinajstić information content (AvgIpc) is 2.57. The molecule has 1 aliphatic heterocycles. The van der Waals surface area contributed by atoms with E-state index in [0.29, 0.717) is 6.04 Å². The molecule has 0 spiro atoms. The minimum absolute atomic E-state index is 0.606. The first-order valence-electron chi connectivity index (χ1n) is 4.48. The monoisotopic (exact) mass is 165 g/mol. The van der Waals surface area contributed by atoms with E-state index in [1.54, 1.807) is 0 Å². The molecule has 1 aromatic rings. The van der Waals surface area contributed by atoms with Crippen molar-refractivity contribution in [2.75, 3.05) is 24.5 Å². The van der Waals surface area contributed by atoms with E-state index in [1.165, 1.54) is 5.69 Å². The van der Waals surface area contributed by atoms with E-state index in [9.17, 15) is 0 Å². The maximum atomic E-state index is 3.37. The van der Waals surface area contributed by atoms with Gasteiger partial charge in [-0.1, -0.05) is 0 Å². The lowest BCUT2D eigenvalue weighted by Crippen LogP contribution is -2.49. The lowest BCUT2D eigenvalue weighted by molar-refractivity contribution is 0.501. The summed E-state index contributed by atoms with van der Waals surface area (Å²) < 4.78 is 0. The second-order valence-electron chi connectivity index (χ2n) is 3.32. The lowest BCUT2D eigenvalue weighted by Gasteiger charge is -2.34. The number of aromatic nitrogens is 1. The molecular weight excluding hydrogens is 150 g/mol. The number of nitrogens with zero attached hydrogens (tertiary/aromatic N) is 1. The van der Waals surface area contributed by atoms with Crippen molar-refractivity contribution in [3.05, 3.63) is 18.5 Å². The van der Waals surface area contributed by atoms with Crippen LogP contribution in [0.2, 0.25) is 0 Å². The predicted molar refractivity (Wildman–Crippen MR) is 50.5 cm³/mol. The number of aromatic amines is 1. The summed E-state index contributed by atoms with van der Waals surface area (Å²) in [6.07, 6.45) is 4.03. The molecule has 1 unspecified atom stereocenters. The predicted octanol–water partition coefficient (Wildman–Crippen LogP) is 0.813. The molecule has 1 aromatic heterocycles. The number of hydrogen-bond donors (Lipinski definition) is 2. The van der Waals surface area contributed by atoms with E-state index in [-0.39, 0.29) is 0 Å².